The Hall–Kier alpha value is -0.610. The normalized spacial score (nSPS) is 16.4. The third-order valence-electron chi connectivity index (χ3n) is 4.24. The molecule has 0 unspecified atom stereocenters. The summed E-state index contributed by atoms with van der Waals surface area (Å²) in [7, 11) is 0. The highest BCUT2D eigenvalue weighted by atomic mass is 79.9. The molecule has 0 saturated heterocycles. The summed E-state index contributed by atoms with van der Waals surface area (Å²) in [4.78, 5) is 7.26. The number of rotatable bonds is 6. The highest BCUT2D eigenvalue weighted by Crippen LogP contribution is 2.29. The Kier molecular flexibility index (Phi) is 6.49. The van der Waals surface area contributed by atoms with Crippen LogP contribution in [0.15, 0.2) is 16.7 Å². The maximum Gasteiger partial charge on any atom is 0.133 e. The van der Waals surface area contributed by atoms with Crippen molar-refractivity contribution in [2.45, 2.75) is 71.5 Å². The number of hydrogen-bond donors (Lipinski definition) is 1. The molecule has 0 amide bonds. The molecule has 2 rings (SSSR count). The van der Waals surface area contributed by atoms with Crippen molar-refractivity contribution in [2.75, 3.05) is 11.4 Å². The number of nitrogens with zero attached hydrogens (tertiary/aromatic N) is 2. The van der Waals surface area contributed by atoms with E-state index in [4.69, 9.17) is 4.98 Å². The highest BCUT2D eigenvalue weighted by molar-refractivity contribution is 9.10. The van der Waals surface area contributed by atoms with Gasteiger partial charge in [0.05, 0.1) is 0 Å². The van der Waals surface area contributed by atoms with E-state index in [9.17, 15) is 0 Å². The number of anilines is 1. The third kappa shape index (κ3) is 4.68. The molecule has 0 radical (unpaired) electrons. The molecule has 3 nitrogen and oxygen atoms in total. The van der Waals surface area contributed by atoms with E-state index in [-0.39, 0.29) is 0 Å². The molecule has 1 aromatic heterocycles. The molecule has 21 heavy (non-hydrogen) atoms. The summed E-state index contributed by atoms with van der Waals surface area (Å²) in [6.45, 7) is 8.53. The van der Waals surface area contributed by atoms with Gasteiger partial charge in [0.15, 0.2) is 0 Å². The summed E-state index contributed by atoms with van der Waals surface area (Å²) in [6, 6.07) is 3.36. The Balaban J connectivity index is 2.22. The minimum absolute atomic E-state index is 0.488. The lowest BCUT2D eigenvalue weighted by atomic mass is 9.94. The lowest BCUT2D eigenvalue weighted by molar-refractivity contribution is 0.415. The van der Waals surface area contributed by atoms with Crippen molar-refractivity contribution < 1.29 is 0 Å². The smallest absolute Gasteiger partial charge is 0.133 e. The standard InChI is InChI=1S/C17H28BrN3/c1-4-21(16-8-6-5-7-9-16)17-14(11-19-13(2)3)10-15(18)12-20-17/h10,12-13,16,19H,4-9,11H2,1-3H3. The second-order valence-corrected chi connectivity index (χ2v) is 7.17. The summed E-state index contributed by atoms with van der Waals surface area (Å²) < 4.78 is 1.06. The van der Waals surface area contributed by atoms with Gasteiger partial charge in [-0.05, 0) is 41.8 Å². The molecule has 1 aliphatic carbocycles. The monoisotopic (exact) mass is 353 g/mol. The molecule has 0 atom stereocenters. The van der Waals surface area contributed by atoms with Gasteiger partial charge >= 0.3 is 0 Å². The average Bonchev–Trinajstić information content (AvgIpc) is 2.48. The van der Waals surface area contributed by atoms with E-state index in [1.54, 1.807) is 0 Å². The van der Waals surface area contributed by atoms with Crippen molar-refractivity contribution in [2.24, 2.45) is 0 Å². The number of aromatic nitrogens is 1. The van der Waals surface area contributed by atoms with Crippen molar-refractivity contribution in [1.82, 2.24) is 10.3 Å². The van der Waals surface area contributed by atoms with Gasteiger partial charge < -0.3 is 10.2 Å². The summed E-state index contributed by atoms with van der Waals surface area (Å²) >= 11 is 3.56. The first-order valence-electron chi connectivity index (χ1n) is 8.26. The molecule has 1 aromatic rings. The largest absolute Gasteiger partial charge is 0.354 e. The van der Waals surface area contributed by atoms with Crippen LogP contribution in [0.4, 0.5) is 5.82 Å². The molecule has 0 aliphatic heterocycles. The number of hydrogen-bond acceptors (Lipinski definition) is 3. The van der Waals surface area contributed by atoms with Crippen LogP contribution in [0.5, 0.6) is 0 Å². The van der Waals surface area contributed by atoms with Crippen molar-refractivity contribution >= 4 is 21.7 Å². The maximum atomic E-state index is 4.74. The number of halogens is 1. The second kappa shape index (κ2) is 8.14. The van der Waals surface area contributed by atoms with Crippen LogP contribution in [-0.2, 0) is 6.54 Å². The van der Waals surface area contributed by atoms with Gasteiger partial charge in [-0.1, -0.05) is 33.1 Å². The number of nitrogens with one attached hydrogen (secondary N) is 1. The molecule has 1 fully saturated rings. The predicted octanol–water partition coefficient (Wildman–Crippen LogP) is 4.50. The van der Waals surface area contributed by atoms with Gasteiger partial charge in [0.2, 0.25) is 0 Å². The van der Waals surface area contributed by atoms with Crippen LogP contribution in [-0.4, -0.2) is 23.6 Å². The molecule has 1 heterocycles. The Morgan fingerprint density at radius 2 is 2.05 bits per heavy atom. The van der Waals surface area contributed by atoms with Gasteiger partial charge in [0.1, 0.15) is 5.82 Å². The zero-order valence-corrected chi connectivity index (χ0v) is 15.1. The fourth-order valence-electron chi connectivity index (χ4n) is 3.15. The van der Waals surface area contributed by atoms with Crippen molar-refractivity contribution in [3.8, 4) is 0 Å². The molecule has 0 bridgehead atoms. The van der Waals surface area contributed by atoms with E-state index >= 15 is 0 Å². The van der Waals surface area contributed by atoms with E-state index in [0.29, 0.717) is 12.1 Å². The van der Waals surface area contributed by atoms with Gasteiger partial charge in [-0.25, -0.2) is 4.98 Å². The van der Waals surface area contributed by atoms with Crippen LogP contribution in [0.2, 0.25) is 0 Å². The van der Waals surface area contributed by atoms with Crippen molar-refractivity contribution in [3.63, 3.8) is 0 Å². The average molecular weight is 354 g/mol. The summed E-state index contributed by atoms with van der Waals surface area (Å²) in [6.07, 6.45) is 8.66. The zero-order chi connectivity index (χ0) is 15.2. The third-order valence-corrected chi connectivity index (χ3v) is 4.67. The molecule has 0 spiro atoms. The fraction of sp³-hybridized carbons (Fsp3) is 0.706. The minimum atomic E-state index is 0.488. The van der Waals surface area contributed by atoms with E-state index in [1.165, 1.54) is 43.5 Å². The highest BCUT2D eigenvalue weighted by Gasteiger charge is 2.23. The maximum absolute atomic E-state index is 4.74. The van der Waals surface area contributed by atoms with Gasteiger partial charge in [0.25, 0.3) is 0 Å². The van der Waals surface area contributed by atoms with Gasteiger partial charge in [-0.15, -0.1) is 0 Å². The van der Waals surface area contributed by atoms with E-state index < -0.39 is 0 Å². The first kappa shape index (κ1) is 16.8. The molecular formula is C17H28BrN3. The summed E-state index contributed by atoms with van der Waals surface area (Å²) in [5, 5.41) is 3.52. The Bertz CT molecular complexity index is 442. The van der Waals surface area contributed by atoms with E-state index in [1.807, 2.05) is 6.20 Å². The van der Waals surface area contributed by atoms with Crippen LogP contribution < -0.4 is 10.2 Å². The fourth-order valence-corrected chi connectivity index (χ4v) is 3.53. The van der Waals surface area contributed by atoms with Crippen LogP contribution >= 0.6 is 15.9 Å². The number of pyridine rings is 1. The Morgan fingerprint density at radius 1 is 1.33 bits per heavy atom. The Morgan fingerprint density at radius 3 is 2.67 bits per heavy atom. The summed E-state index contributed by atoms with van der Waals surface area (Å²) in [5.74, 6) is 1.17. The van der Waals surface area contributed by atoms with Crippen LogP contribution in [0.25, 0.3) is 0 Å². The SMILES string of the molecule is CCN(c1ncc(Br)cc1CNC(C)C)C1CCCCC1. The molecule has 0 aromatic carbocycles. The molecular weight excluding hydrogens is 326 g/mol. The first-order chi connectivity index (χ1) is 10.1. The van der Waals surface area contributed by atoms with Crippen molar-refractivity contribution in [1.29, 1.82) is 0 Å². The molecule has 1 N–H and O–H groups in total. The second-order valence-electron chi connectivity index (χ2n) is 6.25. The van der Waals surface area contributed by atoms with Crippen molar-refractivity contribution in [3.05, 3.63) is 22.3 Å². The van der Waals surface area contributed by atoms with Gasteiger partial charge in [-0.3, -0.25) is 0 Å². The zero-order valence-electron chi connectivity index (χ0n) is 13.5. The van der Waals surface area contributed by atoms with Gasteiger partial charge in [0, 0.05) is 41.4 Å². The molecule has 1 aliphatic rings. The van der Waals surface area contributed by atoms with Crippen LogP contribution in [0.3, 0.4) is 0 Å². The molecule has 4 heteroatoms. The molecule has 1 saturated carbocycles. The van der Waals surface area contributed by atoms with Crippen LogP contribution in [0, 0.1) is 0 Å². The summed E-state index contributed by atoms with van der Waals surface area (Å²) in [5.41, 5.74) is 1.30. The van der Waals surface area contributed by atoms with Gasteiger partial charge in [-0.2, -0.15) is 0 Å². The van der Waals surface area contributed by atoms with E-state index in [0.717, 1.165) is 17.6 Å². The quantitative estimate of drug-likeness (QED) is 0.815. The lowest BCUT2D eigenvalue weighted by Crippen LogP contribution is -2.38. The van der Waals surface area contributed by atoms with Crippen LogP contribution in [0.1, 0.15) is 58.4 Å². The van der Waals surface area contributed by atoms with E-state index in [2.05, 4.69) is 53.0 Å². The first-order valence-corrected chi connectivity index (χ1v) is 9.05. The predicted molar refractivity (Wildman–Crippen MR) is 93.8 cm³/mol. The molecule has 118 valence electrons. The lowest BCUT2D eigenvalue weighted by Gasteiger charge is -2.35. The minimum Gasteiger partial charge on any atom is -0.354 e. The topological polar surface area (TPSA) is 28.2 Å². The Labute approximate surface area is 137 Å².